The van der Waals surface area contributed by atoms with Gasteiger partial charge in [0.05, 0.1) is 13.2 Å². The molecule has 0 saturated carbocycles. The number of aliphatic hydroxyl groups is 4. The lowest BCUT2D eigenvalue weighted by Crippen LogP contribution is -2.50. The fourth-order valence-electron chi connectivity index (χ4n) is 1.37. The third-order valence-corrected chi connectivity index (χ3v) is 2.61. The molecule has 0 aliphatic heterocycles. The summed E-state index contributed by atoms with van der Waals surface area (Å²) in [6.45, 7) is 1.62. The van der Waals surface area contributed by atoms with E-state index >= 15 is 0 Å². The fraction of sp³-hybridized carbons (Fsp3) is 0.833. The van der Waals surface area contributed by atoms with Gasteiger partial charge in [-0.2, -0.15) is 0 Å². The van der Waals surface area contributed by atoms with Crippen LogP contribution in [0.2, 0.25) is 0 Å². The number of hydrogen-bond acceptors (Lipinski definition) is 8. The van der Waals surface area contributed by atoms with Crippen LogP contribution in [-0.2, 0) is 19.1 Å². The van der Waals surface area contributed by atoms with Crippen LogP contribution in [0.5, 0.6) is 0 Å². The zero-order valence-electron chi connectivity index (χ0n) is 11.6. The largest absolute Gasteiger partial charge is 0.457 e. The first-order valence-electron chi connectivity index (χ1n) is 6.37. The Morgan fingerprint density at radius 1 is 0.850 bits per heavy atom. The standard InChI is InChI=1S/C12H22O8/c1-3-9(15)19-7(5-13)11(17)12(18)8(6-14)20-10(16)4-2/h7-8,11-14,17-18H,3-6H2,1-2H3/t7-,8+,11-,12-/m0/s1. The lowest BCUT2D eigenvalue weighted by Gasteiger charge is -2.29. The Morgan fingerprint density at radius 3 is 1.35 bits per heavy atom. The van der Waals surface area contributed by atoms with Crippen molar-refractivity contribution in [1.29, 1.82) is 0 Å². The van der Waals surface area contributed by atoms with Crippen molar-refractivity contribution in [3.05, 3.63) is 0 Å². The molecule has 0 fully saturated rings. The summed E-state index contributed by atoms with van der Waals surface area (Å²) >= 11 is 0. The predicted octanol–water partition coefficient (Wildman–Crippen LogP) is -1.66. The Labute approximate surface area is 116 Å². The molecule has 0 aromatic rings. The van der Waals surface area contributed by atoms with E-state index in [1.807, 2.05) is 0 Å². The molecule has 0 aliphatic carbocycles. The summed E-state index contributed by atoms with van der Waals surface area (Å²) in [7, 11) is 0. The van der Waals surface area contributed by atoms with Gasteiger partial charge >= 0.3 is 11.9 Å². The molecule has 0 amide bonds. The maximum Gasteiger partial charge on any atom is 0.305 e. The highest BCUT2D eigenvalue weighted by Crippen LogP contribution is 2.12. The molecule has 118 valence electrons. The van der Waals surface area contributed by atoms with E-state index in [1.54, 1.807) is 0 Å². The number of rotatable bonds is 9. The molecule has 0 rings (SSSR count). The van der Waals surface area contributed by atoms with E-state index in [1.165, 1.54) is 13.8 Å². The van der Waals surface area contributed by atoms with Gasteiger partial charge in [0.2, 0.25) is 0 Å². The number of carbonyl (C=O) groups excluding carboxylic acids is 2. The molecular weight excluding hydrogens is 272 g/mol. The molecule has 0 aromatic carbocycles. The summed E-state index contributed by atoms with van der Waals surface area (Å²) in [4.78, 5) is 22.2. The lowest BCUT2D eigenvalue weighted by molar-refractivity contribution is -0.181. The Bertz CT molecular complexity index is 276. The molecule has 0 unspecified atom stereocenters. The molecule has 4 atom stereocenters. The summed E-state index contributed by atoms with van der Waals surface area (Å²) in [6, 6.07) is 0. The van der Waals surface area contributed by atoms with Gasteiger partial charge in [0.15, 0.2) is 12.2 Å². The molecule has 0 aromatic heterocycles. The minimum absolute atomic E-state index is 0.0353. The van der Waals surface area contributed by atoms with Crippen LogP contribution in [0.15, 0.2) is 0 Å². The molecule has 0 heterocycles. The van der Waals surface area contributed by atoms with Crippen LogP contribution >= 0.6 is 0 Å². The number of aliphatic hydroxyl groups excluding tert-OH is 4. The topological polar surface area (TPSA) is 134 Å². The number of esters is 2. The van der Waals surface area contributed by atoms with Gasteiger partial charge in [0, 0.05) is 12.8 Å². The molecule has 8 heteroatoms. The van der Waals surface area contributed by atoms with Crippen LogP contribution in [0.25, 0.3) is 0 Å². The van der Waals surface area contributed by atoms with Crippen LogP contribution in [-0.4, -0.2) is 70.0 Å². The van der Waals surface area contributed by atoms with Crippen LogP contribution in [0.1, 0.15) is 26.7 Å². The SMILES string of the molecule is CCC(=O)O[C@@H](CO)[C@H](O)[C@@H](O)[C@@H](CO)OC(=O)CC. The van der Waals surface area contributed by atoms with Crippen molar-refractivity contribution in [3.8, 4) is 0 Å². The summed E-state index contributed by atoms with van der Waals surface area (Å²) in [5, 5.41) is 37.7. The monoisotopic (exact) mass is 294 g/mol. The van der Waals surface area contributed by atoms with Crippen LogP contribution in [0.3, 0.4) is 0 Å². The quantitative estimate of drug-likeness (QED) is 0.371. The van der Waals surface area contributed by atoms with E-state index in [-0.39, 0.29) is 12.8 Å². The zero-order valence-corrected chi connectivity index (χ0v) is 11.6. The second-order valence-electron chi connectivity index (χ2n) is 4.11. The van der Waals surface area contributed by atoms with Crippen molar-refractivity contribution in [1.82, 2.24) is 0 Å². The fourth-order valence-corrected chi connectivity index (χ4v) is 1.37. The van der Waals surface area contributed by atoms with Crippen LogP contribution in [0, 0.1) is 0 Å². The maximum atomic E-state index is 11.1. The number of hydrogen-bond donors (Lipinski definition) is 4. The predicted molar refractivity (Wildman–Crippen MR) is 66.5 cm³/mol. The molecule has 20 heavy (non-hydrogen) atoms. The van der Waals surface area contributed by atoms with Crippen molar-refractivity contribution >= 4 is 11.9 Å². The van der Waals surface area contributed by atoms with E-state index in [9.17, 15) is 19.8 Å². The highest BCUT2D eigenvalue weighted by atomic mass is 16.6. The molecule has 0 saturated heterocycles. The molecule has 0 radical (unpaired) electrons. The first-order chi connectivity index (χ1) is 9.40. The summed E-state index contributed by atoms with van der Waals surface area (Å²) < 4.78 is 9.47. The molecular formula is C12H22O8. The van der Waals surface area contributed by atoms with E-state index in [2.05, 4.69) is 0 Å². The van der Waals surface area contributed by atoms with E-state index in [4.69, 9.17) is 19.7 Å². The molecule has 0 bridgehead atoms. The van der Waals surface area contributed by atoms with E-state index in [0.29, 0.717) is 0 Å². The van der Waals surface area contributed by atoms with Gasteiger partial charge in [0.1, 0.15) is 12.2 Å². The van der Waals surface area contributed by atoms with Crippen molar-refractivity contribution in [2.75, 3.05) is 13.2 Å². The van der Waals surface area contributed by atoms with E-state index < -0.39 is 49.6 Å². The van der Waals surface area contributed by atoms with Crippen LogP contribution in [0.4, 0.5) is 0 Å². The summed E-state index contributed by atoms with van der Waals surface area (Å²) in [5.74, 6) is -1.33. The van der Waals surface area contributed by atoms with Gasteiger partial charge in [-0.05, 0) is 0 Å². The number of carbonyl (C=O) groups is 2. The Balaban J connectivity index is 4.71. The zero-order chi connectivity index (χ0) is 15.7. The normalized spacial score (nSPS) is 16.9. The van der Waals surface area contributed by atoms with Gasteiger partial charge in [0.25, 0.3) is 0 Å². The average Bonchev–Trinajstić information content (AvgIpc) is 2.47. The van der Waals surface area contributed by atoms with Gasteiger partial charge in [-0.25, -0.2) is 0 Å². The average molecular weight is 294 g/mol. The second-order valence-corrected chi connectivity index (χ2v) is 4.11. The van der Waals surface area contributed by atoms with E-state index in [0.717, 1.165) is 0 Å². The van der Waals surface area contributed by atoms with Gasteiger partial charge < -0.3 is 29.9 Å². The minimum atomic E-state index is -1.70. The Kier molecular flexibility index (Phi) is 9.06. The maximum absolute atomic E-state index is 11.1. The third-order valence-electron chi connectivity index (χ3n) is 2.61. The Morgan fingerprint density at radius 2 is 1.15 bits per heavy atom. The van der Waals surface area contributed by atoms with Crippen molar-refractivity contribution in [2.24, 2.45) is 0 Å². The first-order valence-corrected chi connectivity index (χ1v) is 6.37. The van der Waals surface area contributed by atoms with Gasteiger partial charge in [-0.1, -0.05) is 13.8 Å². The molecule has 8 nitrogen and oxygen atoms in total. The summed E-state index contributed by atoms with van der Waals surface area (Å²) in [5.41, 5.74) is 0. The molecule has 4 N–H and O–H groups in total. The Hall–Kier alpha value is -1.22. The van der Waals surface area contributed by atoms with Crippen LogP contribution < -0.4 is 0 Å². The van der Waals surface area contributed by atoms with Crippen molar-refractivity contribution < 1.29 is 39.5 Å². The molecule has 0 aliphatic rings. The second kappa shape index (κ2) is 9.65. The highest BCUT2D eigenvalue weighted by Gasteiger charge is 2.35. The highest BCUT2D eigenvalue weighted by molar-refractivity contribution is 5.69. The summed E-state index contributed by atoms with van der Waals surface area (Å²) in [6.07, 6.45) is -6.06. The van der Waals surface area contributed by atoms with Crippen molar-refractivity contribution in [3.63, 3.8) is 0 Å². The molecule has 0 spiro atoms. The van der Waals surface area contributed by atoms with Gasteiger partial charge in [-0.15, -0.1) is 0 Å². The van der Waals surface area contributed by atoms with Crippen molar-refractivity contribution in [2.45, 2.75) is 51.1 Å². The minimum Gasteiger partial charge on any atom is -0.457 e. The lowest BCUT2D eigenvalue weighted by atomic mass is 10.0. The van der Waals surface area contributed by atoms with Gasteiger partial charge in [-0.3, -0.25) is 9.59 Å². The number of ether oxygens (including phenoxy) is 2. The first kappa shape index (κ1) is 18.8. The third kappa shape index (κ3) is 5.83. The smallest absolute Gasteiger partial charge is 0.305 e.